The van der Waals surface area contributed by atoms with Gasteiger partial charge in [-0.25, -0.2) is 0 Å². The number of rotatable bonds is 3. The van der Waals surface area contributed by atoms with Crippen molar-refractivity contribution in [1.82, 2.24) is 0 Å². The van der Waals surface area contributed by atoms with Gasteiger partial charge in [0.1, 0.15) is 5.78 Å². The van der Waals surface area contributed by atoms with E-state index in [2.05, 4.69) is 34.6 Å². The van der Waals surface area contributed by atoms with Crippen molar-refractivity contribution in [3.63, 3.8) is 0 Å². The molecule has 0 saturated heterocycles. The van der Waals surface area contributed by atoms with Crippen LogP contribution in [0.2, 0.25) is 0 Å². The summed E-state index contributed by atoms with van der Waals surface area (Å²) in [5, 5.41) is 0. The Morgan fingerprint density at radius 3 is 2.29 bits per heavy atom. The minimum Gasteiger partial charge on any atom is -0.300 e. The maximum Gasteiger partial charge on any atom is 0.129 e. The summed E-state index contributed by atoms with van der Waals surface area (Å²) < 4.78 is 0. The molecule has 0 aromatic heterocycles. The van der Waals surface area contributed by atoms with Crippen molar-refractivity contribution in [3.05, 3.63) is 0 Å². The molecule has 6 atom stereocenters. The number of hydrogen-bond donors (Lipinski definition) is 0. The van der Waals surface area contributed by atoms with Gasteiger partial charge in [-0.15, -0.1) is 0 Å². The van der Waals surface area contributed by atoms with E-state index in [-0.39, 0.29) is 0 Å². The maximum atomic E-state index is 11.6. The van der Waals surface area contributed by atoms with E-state index in [9.17, 15) is 4.79 Å². The lowest BCUT2D eigenvalue weighted by molar-refractivity contribution is -0.174. The van der Waals surface area contributed by atoms with E-state index in [1.807, 2.05) is 0 Å². The summed E-state index contributed by atoms with van der Waals surface area (Å²) in [6.07, 6.45) is 11.8. The van der Waals surface area contributed by atoms with E-state index in [1.54, 1.807) is 6.92 Å². The second-order valence-electron chi connectivity index (χ2n) is 10.9. The smallest absolute Gasteiger partial charge is 0.129 e. The van der Waals surface area contributed by atoms with Crippen LogP contribution in [0, 0.1) is 39.9 Å². The van der Waals surface area contributed by atoms with Crippen molar-refractivity contribution in [2.45, 2.75) is 99.3 Å². The molecule has 0 radical (unpaired) electrons. The average molecular weight is 333 g/mol. The molecule has 0 spiro atoms. The number of carbonyl (C=O) groups excluding carboxylic acids is 1. The molecule has 0 heterocycles. The molecule has 24 heavy (non-hydrogen) atoms. The van der Waals surface area contributed by atoms with Gasteiger partial charge in [-0.1, -0.05) is 47.5 Å². The van der Waals surface area contributed by atoms with Crippen molar-refractivity contribution in [3.8, 4) is 0 Å². The molecule has 1 nitrogen and oxygen atoms in total. The fraction of sp³-hybridized carbons (Fsp3) is 0.957. The van der Waals surface area contributed by atoms with Crippen molar-refractivity contribution >= 4 is 5.78 Å². The van der Waals surface area contributed by atoms with Crippen molar-refractivity contribution in [2.75, 3.05) is 0 Å². The fourth-order valence-electron chi connectivity index (χ4n) is 8.04. The minimum atomic E-state index is 0.381. The van der Waals surface area contributed by atoms with Crippen LogP contribution in [0.15, 0.2) is 0 Å². The van der Waals surface area contributed by atoms with Crippen LogP contribution in [0.3, 0.4) is 0 Å². The number of carbonyl (C=O) groups is 1. The summed E-state index contributed by atoms with van der Waals surface area (Å²) in [5.41, 5.74) is 1.52. The molecule has 3 rings (SSSR count). The predicted molar refractivity (Wildman–Crippen MR) is 102 cm³/mol. The van der Waals surface area contributed by atoms with Gasteiger partial charge in [0.25, 0.3) is 0 Å². The SMILES string of the molecule is CC(=O)CC[C@@H]1[C@H](C)CCC2[C@@]3(C)CCCC(C)(C)C3CC[C@]21C. The second kappa shape index (κ2) is 6.13. The number of fused-ring (bicyclic) bond motifs is 3. The van der Waals surface area contributed by atoms with Crippen LogP contribution in [0.5, 0.6) is 0 Å². The lowest BCUT2D eigenvalue weighted by Crippen LogP contribution is -2.59. The van der Waals surface area contributed by atoms with Gasteiger partial charge < -0.3 is 4.79 Å². The summed E-state index contributed by atoms with van der Waals surface area (Å²) in [4.78, 5) is 11.6. The Morgan fingerprint density at radius 2 is 1.62 bits per heavy atom. The normalized spacial score (nSPS) is 47.6. The molecule has 0 aromatic carbocycles. The molecule has 3 aliphatic rings. The molecule has 138 valence electrons. The van der Waals surface area contributed by atoms with E-state index < -0.39 is 0 Å². The lowest BCUT2D eigenvalue weighted by Gasteiger charge is -2.66. The van der Waals surface area contributed by atoms with Gasteiger partial charge in [-0.05, 0) is 85.4 Å². The third-order valence-electron chi connectivity index (χ3n) is 9.09. The molecule has 0 aliphatic heterocycles. The Hall–Kier alpha value is -0.330. The molecule has 0 aromatic rings. The van der Waals surface area contributed by atoms with Crippen LogP contribution >= 0.6 is 0 Å². The maximum absolute atomic E-state index is 11.6. The zero-order chi connectivity index (χ0) is 17.8. The van der Waals surface area contributed by atoms with Gasteiger partial charge in [-0.3, -0.25) is 0 Å². The van der Waals surface area contributed by atoms with Crippen molar-refractivity contribution < 1.29 is 4.79 Å². The van der Waals surface area contributed by atoms with Gasteiger partial charge in [0.15, 0.2) is 0 Å². The van der Waals surface area contributed by atoms with Crippen LogP contribution in [-0.2, 0) is 4.79 Å². The van der Waals surface area contributed by atoms with Gasteiger partial charge in [-0.2, -0.15) is 0 Å². The van der Waals surface area contributed by atoms with Crippen molar-refractivity contribution in [2.24, 2.45) is 39.9 Å². The summed E-state index contributed by atoms with van der Waals surface area (Å²) in [5.74, 6) is 3.70. The highest BCUT2D eigenvalue weighted by Crippen LogP contribution is 2.69. The van der Waals surface area contributed by atoms with Crippen LogP contribution < -0.4 is 0 Å². The Kier molecular flexibility index (Phi) is 4.72. The summed E-state index contributed by atoms with van der Waals surface area (Å²) in [7, 11) is 0. The lowest BCUT2D eigenvalue weighted by atomic mass is 9.38. The van der Waals surface area contributed by atoms with E-state index in [1.165, 1.54) is 44.9 Å². The standard InChI is InChI=1S/C23H40O/c1-16-8-11-20-22(5,18(16)10-9-17(2)24)15-12-19-21(3,4)13-7-14-23(19,20)6/h16,18-20H,7-15H2,1-6H3/t16-,18-,19?,20?,22+,23+/m1/s1. The van der Waals surface area contributed by atoms with Crippen molar-refractivity contribution in [1.29, 1.82) is 0 Å². The number of ketones is 1. The Morgan fingerprint density at radius 1 is 0.917 bits per heavy atom. The largest absolute Gasteiger partial charge is 0.300 e. The molecule has 3 fully saturated rings. The molecule has 1 heteroatoms. The summed E-state index contributed by atoms with van der Waals surface area (Å²) >= 11 is 0. The summed E-state index contributed by atoms with van der Waals surface area (Å²) in [6, 6.07) is 0. The Labute approximate surface area is 150 Å². The molecule has 3 aliphatic carbocycles. The highest BCUT2D eigenvalue weighted by molar-refractivity contribution is 5.75. The molecular formula is C23H40O. The first-order chi connectivity index (χ1) is 11.1. The topological polar surface area (TPSA) is 17.1 Å². The van der Waals surface area contributed by atoms with E-state index >= 15 is 0 Å². The number of hydrogen-bond acceptors (Lipinski definition) is 1. The van der Waals surface area contributed by atoms with E-state index in [4.69, 9.17) is 0 Å². The van der Waals surface area contributed by atoms with Crippen LogP contribution in [-0.4, -0.2) is 5.78 Å². The second-order valence-corrected chi connectivity index (χ2v) is 10.9. The van der Waals surface area contributed by atoms with Gasteiger partial charge >= 0.3 is 0 Å². The third-order valence-corrected chi connectivity index (χ3v) is 9.09. The fourth-order valence-corrected chi connectivity index (χ4v) is 8.04. The van der Waals surface area contributed by atoms with Gasteiger partial charge in [0.05, 0.1) is 0 Å². The monoisotopic (exact) mass is 332 g/mol. The Bertz CT molecular complexity index is 492. The van der Waals surface area contributed by atoms with Gasteiger partial charge in [0, 0.05) is 6.42 Å². The van der Waals surface area contributed by atoms with E-state index in [0.717, 1.165) is 36.5 Å². The molecule has 0 bridgehead atoms. The molecule has 0 N–H and O–H groups in total. The first-order valence-corrected chi connectivity index (χ1v) is 10.6. The van der Waals surface area contributed by atoms with Gasteiger partial charge in [0.2, 0.25) is 0 Å². The zero-order valence-electron chi connectivity index (χ0n) is 17.1. The Balaban J connectivity index is 1.91. The quantitative estimate of drug-likeness (QED) is 0.565. The molecule has 2 unspecified atom stereocenters. The highest BCUT2D eigenvalue weighted by atomic mass is 16.1. The minimum absolute atomic E-state index is 0.381. The van der Waals surface area contributed by atoms with Crippen LogP contribution in [0.4, 0.5) is 0 Å². The average Bonchev–Trinajstić information content (AvgIpc) is 2.44. The highest BCUT2D eigenvalue weighted by Gasteiger charge is 2.61. The van der Waals surface area contributed by atoms with E-state index in [0.29, 0.717) is 22.0 Å². The molecule has 0 amide bonds. The zero-order valence-corrected chi connectivity index (χ0v) is 17.1. The molecular weight excluding hydrogens is 292 g/mol. The molecule has 3 saturated carbocycles. The first kappa shape index (κ1) is 18.5. The summed E-state index contributed by atoms with van der Waals surface area (Å²) in [6.45, 7) is 14.6. The van der Waals surface area contributed by atoms with Crippen LogP contribution in [0.1, 0.15) is 99.3 Å². The first-order valence-electron chi connectivity index (χ1n) is 10.6. The predicted octanol–water partition coefficient (Wildman–Crippen LogP) is 6.65. The van der Waals surface area contributed by atoms with Crippen LogP contribution in [0.25, 0.3) is 0 Å². The third kappa shape index (κ3) is 2.78. The number of Topliss-reactive ketones (excluding diaryl/α,β-unsaturated/α-hetero) is 1.